The van der Waals surface area contributed by atoms with E-state index in [1.54, 1.807) is 24.3 Å². The Bertz CT molecular complexity index is 560. The van der Waals surface area contributed by atoms with Crippen molar-refractivity contribution in [1.82, 2.24) is 10.6 Å². The Labute approximate surface area is 135 Å². The third kappa shape index (κ3) is 6.04. The number of hydrogen-bond donors (Lipinski definition) is 2. The Morgan fingerprint density at radius 3 is 2.42 bits per heavy atom. The summed E-state index contributed by atoms with van der Waals surface area (Å²) in [4.78, 5) is 11.8. The first-order valence-electron chi connectivity index (χ1n) is 7.26. The number of benzene rings is 1. The van der Waals surface area contributed by atoms with Crippen molar-refractivity contribution in [1.29, 1.82) is 0 Å². The van der Waals surface area contributed by atoms with E-state index in [-0.39, 0.29) is 13.2 Å². The summed E-state index contributed by atoms with van der Waals surface area (Å²) in [5.41, 5.74) is 1.26. The van der Waals surface area contributed by atoms with Crippen molar-refractivity contribution >= 4 is 5.91 Å². The molecule has 0 bridgehead atoms. The lowest BCUT2D eigenvalue weighted by molar-refractivity contribution is -0.176. The highest BCUT2D eigenvalue weighted by Gasteiger charge is 2.42. The quantitative estimate of drug-likeness (QED) is 0.773. The van der Waals surface area contributed by atoms with Gasteiger partial charge < -0.3 is 10.1 Å². The van der Waals surface area contributed by atoms with Gasteiger partial charge in [-0.1, -0.05) is 24.3 Å². The molecule has 0 radical (unpaired) electrons. The van der Waals surface area contributed by atoms with E-state index in [4.69, 9.17) is 0 Å². The fourth-order valence-electron chi connectivity index (χ4n) is 2.25. The van der Waals surface area contributed by atoms with E-state index in [1.165, 1.54) is 0 Å². The van der Waals surface area contributed by atoms with Crippen molar-refractivity contribution in [3.63, 3.8) is 0 Å². The summed E-state index contributed by atoms with van der Waals surface area (Å²) < 4.78 is 66.4. The van der Waals surface area contributed by atoms with E-state index in [2.05, 4.69) is 15.4 Å². The summed E-state index contributed by atoms with van der Waals surface area (Å²) in [5, 5.41) is 5.00. The van der Waals surface area contributed by atoms with Crippen LogP contribution in [-0.2, 0) is 22.7 Å². The van der Waals surface area contributed by atoms with Gasteiger partial charge in [-0.3, -0.25) is 10.1 Å². The highest BCUT2D eigenvalue weighted by atomic mass is 19.4. The highest BCUT2D eigenvalue weighted by Crippen LogP contribution is 2.25. The second-order valence-electron chi connectivity index (χ2n) is 5.64. The van der Waals surface area contributed by atoms with Crippen molar-refractivity contribution in [2.45, 2.75) is 37.7 Å². The third-order valence-corrected chi connectivity index (χ3v) is 3.45. The molecule has 0 saturated carbocycles. The lowest BCUT2D eigenvalue weighted by atomic mass is 10.1. The zero-order valence-corrected chi connectivity index (χ0v) is 12.6. The average Bonchev–Trinajstić information content (AvgIpc) is 2.85. The van der Waals surface area contributed by atoms with Gasteiger partial charge in [0.05, 0.1) is 19.2 Å². The summed E-state index contributed by atoms with van der Waals surface area (Å²) in [6.07, 6.45) is -4.90. The van der Waals surface area contributed by atoms with Crippen LogP contribution in [0.3, 0.4) is 0 Å². The van der Waals surface area contributed by atoms with Gasteiger partial charge in [0, 0.05) is 13.0 Å². The van der Waals surface area contributed by atoms with E-state index in [1.807, 2.05) is 0 Å². The summed E-state index contributed by atoms with van der Waals surface area (Å²) in [5.74, 6) is -3.38. The first-order chi connectivity index (χ1) is 11.1. The van der Waals surface area contributed by atoms with Crippen LogP contribution in [-0.4, -0.2) is 37.2 Å². The molecule has 0 aliphatic carbocycles. The monoisotopic (exact) mass is 352 g/mol. The number of amides is 1. The Morgan fingerprint density at radius 1 is 1.25 bits per heavy atom. The maximum Gasteiger partial charge on any atom is 0.411 e. The maximum absolute atomic E-state index is 13.0. The van der Waals surface area contributed by atoms with Crippen LogP contribution in [0.5, 0.6) is 0 Å². The molecule has 1 fully saturated rings. The van der Waals surface area contributed by atoms with Crippen LogP contribution < -0.4 is 10.6 Å². The average molecular weight is 352 g/mol. The zero-order valence-electron chi connectivity index (χ0n) is 12.6. The topological polar surface area (TPSA) is 50.4 Å². The smallest absolute Gasteiger partial charge is 0.367 e. The van der Waals surface area contributed by atoms with Crippen molar-refractivity contribution in [3.8, 4) is 0 Å². The Balaban J connectivity index is 1.75. The molecule has 2 N–H and O–H groups in total. The van der Waals surface area contributed by atoms with Crippen LogP contribution in [0.1, 0.15) is 17.5 Å². The number of ether oxygens (including phenoxy) is 1. The van der Waals surface area contributed by atoms with Gasteiger partial charge >= 0.3 is 6.18 Å². The SMILES string of the molecule is O=C(NCc1ccc(COCC(F)(F)F)cc1)C1CC(F)(F)CN1. The van der Waals surface area contributed by atoms with Gasteiger partial charge in [0.2, 0.25) is 5.91 Å². The summed E-state index contributed by atoms with van der Waals surface area (Å²) in [6, 6.07) is 5.50. The normalized spacial score (nSPS) is 20.1. The predicted octanol–water partition coefficient (Wildman–Crippen LogP) is 2.38. The number of nitrogens with one attached hydrogen (secondary N) is 2. The molecule has 1 amide bonds. The van der Waals surface area contributed by atoms with Gasteiger partial charge in [0.15, 0.2) is 0 Å². The zero-order chi connectivity index (χ0) is 17.8. The molecule has 0 aromatic heterocycles. The first-order valence-corrected chi connectivity index (χ1v) is 7.26. The molecule has 1 aromatic rings. The van der Waals surface area contributed by atoms with Crippen LogP contribution in [0, 0.1) is 0 Å². The van der Waals surface area contributed by atoms with Crippen molar-refractivity contribution in [2.24, 2.45) is 0 Å². The second-order valence-corrected chi connectivity index (χ2v) is 5.64. The summed E-state index contributed by atoms with van der Waals surface area (Å²) in [6.45, 7) is -1.86. The number of carbonyl (C=O) groups excluding carboxylic acids is 1. The minimum absolute atomic E-state index is 0.145. The number of hydrogen-bond acceptors (Lipinski definition) is 3. The molecule has 1 atom stereocenters. The van der Waals surface area contributed by atoms with E-state index >= 15 is 0 Å². The highest BCUT2D eigenvalue weighted by molar-refractivity contribution is 5.82. The molecular formula is C15H17F5N2O2. The molecule has 1 aliphatic rings. The van der Waals surface area contributed by atoms with E-state index in [9.17, 15) is 26.7 Å². The Kier molecular flexibility index (Phi) is 5.76. The van der Waals surface area contributed by atoms with Crippen LogP contribution in [0.15, 0.2) is 24.3 Å². The summed E-state index contributed by atoms with van der Waals surface area (Å²) >= 11 is 0. The number of alkyl halides is 5. The van der Waals surface area contributed by atoms with Crippen molar-refractivity contribution < 1.29 is 31.5 Å². The van der Waals surface area contributed by atoms with Gasteiger partial charge in [0.1, 0.15) is 6.61 Å². The fourth-order valence-corrected chi connectivity index (χ4v) is 2.25. The van der Waals surface area contributed by atoms with Gasteiger partial charge in [-0.05, 0) is 11.1 Å². The minimum Gasteiger partial charge on any atom is -0.367 e. The van der Waals surface area contributed by atoms with Gasteiger partial charge in [0.25, 0.3) is 5.92 Å². The molecule has 134 valence electrons. The Hall–Kier alpha value is -1.74. The molecule has 9 heteroatoms. The maximum atomic E-state index is 13.0. The van der Waals surface area contributed by atoms with Gasteiger partial charge in [-0.2, -0.15) is 13.2 Å². The van der Waals surface area contributed by atoms with Crippen LogP contribution in [0.4, 0.5) is 22.0 Å². The largest absolute Gasteiger partial charge is 0.411 e. The molecule has 1 aromatic carbocycles. The van der Waals surface area contributed by atoms with Crippen molar-refractivity contribution in [3.05, 3.63) is 35.4 Å². The molecule has 1 heterocycles. The van der Waals surface area contributed by atoms with Gasteiger partial charge in [-0.15, -0.1) is 0 Å². The predicted molar refractivity (Wildman–Crippen MR) is 75.4 cm³/mol. The second kappa shape index (κ2) is 7.43. The molecule has 1 aliphatic heterocycles. The van der Waals surface area contributed by atoms with Crippen molar-refractivity contribution in [2.75, 3.05) is 13.2 Å². The molecular weight excluding hydrogens is 335 g/mol. The van der Waals surface area contributed by atoms with Crippen LogP contribution in [0.25, 0.3) is 0 Å². The third-order valence-electron chi connectivity index (χ3n) is 3.45. The van der Waals surface area contributed by atoms with Crippen LogP contribution >= 0.6 is 0 Å². The molecule has 24 heavy (non-hydrogen) atoms. The number of rotatable bonds is 6. The van der Waals surface area contributed by atoms with E-state index in [0.717, 1.165) is 0 Å². The summed E-state index contributed by atoms with van der Waals surface area (Å²) in [7, 11) is 0. The lowest BCUT2D eigenvalue weighted by Gasteiger charge is -2.12. The lowest BCUT2D eigenvalue weighted by Crippen LogP contribution is -2.40. The molecule has 2 rings (SSSR count). The fraction of sp³-hybridized carbons (Fsp3) is 0.533. The van der Waals surface area contributed by atoms with Gasteiger partial charge in [-0.25, -0.2) is 8.78 Å². The molecule has 1 saturated heterocycles. The number of carbonyl (C=O) groups is 1. The van der Waals surface area contributed by atoms with Crippen LogP contribution in [0.2, 0.25) is 0 Å². The molecule has 4 nitrogen and oxygen atoms in total. The number of halogens is 5. The molecule has 0 spiro atoms. The first kappa shape index (κ1) is 18.6. The van der Waals surface area contributed by atoms with E-state index < -0.39 is 43.6 Å². The minimum atomic E-state index is -4.37. The Morgan fingerprint density at radius 2 is 1.88 bits per heavy atom. The standard InChI is InChI=1S/C15H17F5N2O2/c16-14(17)5-12(22-8-14)13(23)21-6-10-1-3-11(4-2-10)7-24-9-15(18,19)20/h1-4,12,22H,5-9H2,(H,21,23). The molecule has 1 unspecified atom stereocenters. The van der Waals surface area contributed by atoms with E-state index in [0.29, 0.717) is 11.1 Å².